The molecule has 0 bridgehead atoms. The molecule has 0 unspecified atom stereocenters. The molecule has 0 atom stereocenters. The van der Waals surface area contributed by atoms with Crippen LogP contribution < -0.4 is 10.2 Å². The van der Waals surface area contributed by atoms with E-state index >= 15 is 0 Å². The van der Waals surface area contributed by atoms with Crippen LogP contribution >= 0.6 is 0 Å². The lowest BCUT2D eigenvalue weighted by Gasteiger charge is -2.30. The van der Waals surface area contributed by atoms with Gasteiger partial charge in [0.1, 0.15) is 11.6 Å². The molecule has 0 amide bonds. The first kappa shape index (κ1) is 12.9. The van der Waals surface area contributed by atoms with Crippen molar-refractivity contribution >= 4 is 5.82 Å². The minimum Gasteiger partial charge on any atom is -0.354 e. The molecule has 0 spiro atoms. The van der Waals surface area contributed by atoms with Crippen LogP contribution in [0.15, 0.2) is 6.07 Å². The Hall–Kier alpha value is -1.16. The van der Waals surface area contributed by atoms with Crippen LogP contribution in [0.4, 0.5) is 5.82 Å². The first-order chi connectivity index (χ1) is 9.04. The summed E-state index contributed by atoms with van der Waals surface area (Å²) in [5.41, 5.74) is 1.27. The van der Waals surface area contributed by atoms with E-state index in [0.717, 1.165) is 37.8 Å². The highest BCUT2D eigenvalue weighted by Crippen LogP contribution is 2.39. The van der Waals surface area contributed by atoms with Gasteiger partial charge in [0.15, 0.2) is 0 Å². The Morgan fingerprint density at radius 2 is 1.84 bits per heavy atom. The third-order valence-corrected chi connectivity index (χ3v) is 3.88. The van der Waals surface area contributed by atoms with E-state index in [1.54, 1.807) is 0 Å². The van der Waals surface area contributed by atoms with E-state index in [0.29, 0.717) is 5.92 Å². The fourth-order valence-corrected chi connectivity index (χ4v) is 2.42. The summed E-state index contributed by atoms with van der Waals surface area (Å²) in [5, 5.41) is 3.39. The number of piperazine rings is 1. The van der Waals surface area contributed by atoms with Crippen molar-refractivity contribution in [2.45, 2.75) is 44.9 Å². The van der Waals surface area contributed by atoms with Crippen LogP contribution in [0.2, 0.25) is 0 Å². The van der Waals surface area contributed by atoms with Gasteiger partial charge >= 0.3 is 0 Å². The summed E-state index contributed by atoms with van der Waals surface area (Å²) < 4.78 is 0. The Morgan fingerprint density at radius 1 is 1.16 bits per heavy atom. The van der Waals surface area contributed by atoms with E-state index in [2.05, 4.69) is 37.1 Å². The number of rotatable bonds is 2. The first-order valence-corrected chi connectivity index (χ1v) is 7.39. The Labute approximate surface area is 115 Å². The third-order valence-electron chi connectivity index (χ3n) is 3.88. The maximum Gasteiger partial charge on any atom is 0.134 e. The Bertz CT molecular complexity index is 454. The lowest BCUT2D eigenvalue weighted by molar-refractivity contribution is 0.554. The van der Waals surface area contributed by atoms with Gasteiger partial charge in [0, 0.05) is 43.6 Å². The molecule has 2 aliphatic rings. The minimum atomic E-state index is 0.0926. The molecule has 3 rings (SSSR count). The van der Waals surface area contributed by atoms with Gasteiger partial charge < -0.3 is 10.2 Å². The Kier molecular flexibility index (Phi) is 3.21. The van der Waals surface area contributed by atoms with Crippen LogP contribution in [-0.4, -0.2) is 36.1 Å². The summed E-state index contributed by atoms with van der Waals surface area (Å²) in [5.74, 6) is 2.81. The molecule has 1 saturated heterocycles. The van der Waals surface area contributed by atoms with Crippen molar-refractivity contribution < 1.29 is 0 Å². The zero-order valence-electron chi connectivity index (χ0n) is 12.2. The van der Waals surface area contributed by atoms with Crippen LogP contribution in [0.3, 0.4) is 0 Å². The summed E-state index contributed by atoms with van der Waals surface area (Å²) in [7, 11) is 0. The lowest BCUT2D eigenvalue weighted by Crippen LogP contribution is -2.44. The van der Waals surface area contributed by atoms with E-state index in [1.807, 2.05) is 0 Å². The minimum absolute atomic E-state index is 0.0926. The SMILES string of the molecule is CC(C)(C)c1cc(N2CCNCC2)nc(C2CC2)n1. The fraction of sp³-hybridized carbons (Fsp3) is 0.733. The molecule has 19 heavy (non-hydrogen) atoms. The van der Waals surface area contributed by atoms with Crippen molar-refractivity contribution in [3.05, 3.63) is 17.6 Å². The summed E-state index contributed by atoms with van der Waals surface area (Å²) in [4.78, 5) is 12.0. The topological polar surface area (TPSA) is 41.0 Å². The highest BCUT2D eigenvalue weighted by molar-refractivity contribution is 5.42. The number of nitrogens with zero attached hydrogens (tertiary/aromatic N) is 3. The van der Waals surface area contributed by atoms with Crippen molar-refractivity contribution in [1.29, 1.82) is 0 Å². The molecule has 1 aliphatic heterocycles. The highest BCUT2D eigenvalue weighted by atomic mass is 15.2. The van der Waals surface area contributed by atoms with Gasteiger partial charge in [0.2, 0.25) is 0 Å². The first-order valence-electron chi connectivity index (χ1n) is 7.39. The summed E-state index contributed by atoms with van der Waals surface area (Å²) >= 11 is 0. The van der Waals surface area contributed by atoms with Crippen LogP contribution in [0.25, 0.3) is 0 Å². The molecule has 2 heterocycles. The van der Waals surface area contributed by atoms with Gasteiger partial charge in [-0.2, -0.15) is 0 Å². The van der Waals surface area contributed by atoms with E-state index in [1.165, 1.54) is 18.5 Å². The van der Waals surface area contributed by atoms with Gasteiger partial charge in [-0.3, -0.25) is 0 Å². The molecule has 0 radical (unpaired) electrons. The summed E-state index contributed by atoms with van der Waals surface area (Å²) in [6, 6.07) is 2.19. The zero-order chi connectivity index (χ0) is 13.5. The van der Waals surface area contributed by atoms with Crippen molar-refractivity contribution in [2.24, 2.45) is 0 Å². The van der Waals surface area contributed by atoms with E-state index in [4.69, 9.17) is 9.97 Å². The van der Waals surface area contributed by atoms with Gasteiger partial charge in [-0.25, -0.2) is 9.97 Å². The van der Waals surface area contributed by atoms with Gasteiger partial charge in [0.25, 0.3) is 0 Å². The van der Waals surface area contributed by atoms with Crippen molar-refractivity contribution in [2.75, 3.05) is 31.1 Å². The predicted octanol–water partition coefficient (Wildman–Crippen LogP) is 2.06. The third kappa shape index (κ3) is 2.89. The van der Waals surface area contributed by atoms with E-state index < -0.39 is 0 Å². The number of nitrogens with one attached hydrogen (secondary N) is 1. The molecule has 1 N–H and O–H groups in total. The van der Waals surface area contributed by atoms with Crippen molar-refractivity contribution in [3.8, 4) is 0 Å². The largest absolute Gasteiger partial charge is 0.354 e. The monoisotopic (exact) mass is 260 g/mol. The molecule has 4 heteroatoms. The van der Waals surface area contributed by atoms with E-state index in [-0.39, 0.29) is 5.41 Å². The molecule has 0 aromatic carbocycles. The van der Waals surface area contributed by atoms with Gasteiger partial charge in [-0.15, -0.1) is 0 Å². The molecule has 4 nitrogen and oxygen atoms in total. The molecule has 1 aromatic heterocycles. The van der Waals surface area contributed by atoms with Crippen LogP contribution in [0, 0.1) is 0 Å². The predicted molar refractivity (Wildman–Crippen MR) is 77.8 cm³/mol. The maximum atomic E-state index is 4.82. The van der Waals surface area contributed by atoms with Crippen LogP contribution in [0.1, 0.15) is 51.0 Å². The van der Waals surface area contributed by atoms with Crippen molar-refractivity contribution in [3.63, 3.8) is 0 Å². The number of anilines is 1. The second kappa shape index (κ2) is 4.75. The zero-order valence-corrected chi connectivity index (χ0v) is 12.2. The van der Waals surface area contributed by atoms with Gasteiger partial charge in [-0.1, -0.05) is 20.8 Å². The Morgan fingerprint density at radius 3 is 2.42 bits per heavy atom. The Balaban J connectivity index is 1.95. The van der Waals surface area contributed by atoms with Crippen LogP contribution in [-0.2, 0) is 5.41 Å². The second-order valence-electron chi connectivity index (χ2n) is 6.73. The average Bonchev–Trinajstić information content (AvgIpc) is 3.22. The molecule has 2 fully saturated rings. The number of hydrogen-bond acceptors (Lipinski definition) is 4. The quantitative estimate of drug-likeness (QED) is 0.883. The molecule has 104 valence electrons. The standard InChI is InChI=1S/C15H24N4/c1-15(2,3)12-10-13(19-8-6-16-7-9-19)18-14(17-12)11-4-5-11/h10-11,16H,4-9H2,1-3H3. The van der Waals surface area contributed by atoms with Crippen molar-refractivity contribution in [1.82, 2.24) is 15.3 Å². The van der Waals surface area contributed by atoms with Gasteiger partial charge in [0.05, 0.1) is 5.69 Å². The van der Waals surface area contributed by atoms with Crippen LogP contribution in [0.5, 0.6) is 0 Å². The smallest absolute Gasteiger partial charge is 0.134 e. The van der Waals surface area contributed by atoms with E-state index in [9.17, 15) is 0 Å². The number of hydrogen-bond donors (Lipinski definition) is 1. The molecular formula is C15H24N4. The fourth-order valence-electron chi connectivity index (χ4n) is 2.42. The average molecular weight is 260 g/mol. The molecule has 1 saturated carbocycles. The molecule has 1 aliphatic carbocycles. The summed E-state index contributed by atoms with van der Waals surface area (Å²) in [6.07, 6.45) is 2.52. The number of aromatic nitrogens is 2. The highest BCUT2D eigenvalue weighted by Gasteiger charge is 2.29. The summed E-state index contributed by atoms with van der Waals surface area (Å²) in [6.45, 7) is 10.9. The maximum absolute atomic E-state index is 4.82. The van der Waals surface area contributed by atoms with Gasteiger partial charge in [-0.05, 0) is 12.8 Å². The molecule has 1 aromatic rings. The lowest BCUT2D eigenvalue weighted by atomic mass is 9.91. The normalized spacial score (nSPS) is 20.7. The molecular weight excluding hydrogens is 236 g/mol. The second-order valence-corrected chi connectivity index (χ2v) is 6.73.